The van der Waals surface area contributed by atoms with Crippen LogP contribution in [-0.2, 0) is 6.54 Å². The summed E-state index contributed by atoms with van der Waals surface area (Å²) in [6, 6.07) is 2.08. The van der Waals surface area contributed by atoms with Crippen LogP contribution in [0, 0.1) is 11.8 Å². The summed E-state index contributed by atoms with van der Waals surface area (Å²) in [7, 11) is 2.09. The highest BCUT2D eigenvalue weighted by Gasteiger charge is 2.30. The van der Waals surface area contributed by atoms with Gasteiger partial charge in [0, 0.05) is 28.9 Å². The molecule has 0 amide bonds. The molecule has 0 unspecified atom stereocenters. The molecule has 4 heteroatoms. The minimum atomic E-state index is -0.415. The number of aliphatic hydroxyl groups is 2. The maximum atomic E-state index is 10.3. The lowest BCUT2D eigenvalue weighted by atomic mass is 9.98. The fourth-order valence-corrected chi connectivity index (χ4v) is 3.59. The van der Waals surface area contributed by atoms with E-state index in [-0.39, 0.29) is 6.61 Å². The fraction of sp³-hybridized carbons (Fsp3) is 0.625. The van der Waals surface area contributed by atoms with Crippen LogP contribution in [0.3, 0.4) is 0 Å². The second-order valence-corrected chi connectivity index (χ2v) is 6.68. The van der Waals surface area contributed by atoms with E-state index in [4.69, 9.17) is 5.11 Å². The van der Waals surface area contributed by atoms with E-state index in [2.05, 4.69) is 29.9 Å². The molecule has 1 aromatic rings. The van der Waals surface area contributed by atoms with Gasteiger partial charge >= 0.3 is 0 Å². The lowest BCUT2D eigenvalue weighted by Gasteiger charge is -2.25. The zero-order chi connectivity index (χ0) is 14.4. The molecular weight excluding hydrogens is 270 g/mol. The monoisotopic (exact) mass is 293 g/mol. The van der Waals surface area contributed by atoms with Crippen molar-refractivity contribution in [2.45, 2.75) is 44.2 Å². The molecule has 1 aliphatic rings. The Morgan fingerprint density at radius 2 is 2.15 bits per heavy atom. The molecule has 0 aromatic carbocycles. The Labute approximate surface area is 125 Å². The highest BCUT2D eigenvalue weighted by molar-refractivity contribution is 7.10. The molecule has 1 heterocycles. The molecule has 20 heavy (non-hydrogen) atoms. The number of thiophene rings is 1. The molecule has 110 valence electrons. The Hall–Kier alpha value is -0.860. The topological polar surface area (TPSA) is 43.7 Å². The van der Waals surface area contributed by atoms with Crippen LogP contribution in [0.1, 0.15) is 42.5 Å². The van der Waals surface area contributed by atoms with E-state index in [0.717, 1.165) is 50.8 Å². The summed E-state index contributed by atoms with van der Waals surface area (Å²) in [4.78, 5) is 3.53. The SMILES string of the molecule is CN(CCC1(O)CCCC1)Cc1cc(C#CCO)cs1. The van der Waals surface area contributed by atoms with Crippen molar-refractivity contribution < 1.29 is 10.2 Å². The number of rotatable bonds is 5. The standard InChI is InChI=1S/C16H23NO2S/c1-17(9-8-16(19)6-2-3-7-16)12-15-11-14(13-20-15)5-4-10-18/h11,13,18-19H,2-3,6-10,12H2,1H3. The molecule has 2 rings (SSSR count). The first kappa shape index (κ1) is 15.5. The first-order chi connectivity index (χ1) is 9.61. The van der Waals surface area contributed by atoms with Gasteiger partial charge in [0.25, 0.3) is 0 Å². The van der Waals surface area contributed by atoms with Crippen molar-refractivity contribution in [1.82, 2.24) is 4.90 Å². The molecule has 0 radical (unpaired) electrons. The molecule has 3 nitrogen and oxygen atoms in total. The van der Waals surface area contributed by atoms with E-state index in [1.54, 1.807) is 11.3 Å². The third-order valence-electron chi connectivity index (χ3n) is 3.88. The highest BCUT2D eigenvalue weighted by Crippen LogP contribution is 2.32. The van der Waals surface area contributed by atoms with Gasteiger partial charge in [0.2, 0.25) is 0 Å². The summed E-state index contributed by atoms with van der Waals surface area (Å²) in [6.45, 7) is 1.72. The Kier molecular flexibility index (Phi) is 5.62. The maximum absolute atomic E-state index is 10.3. The Morgan fingerprint density at radius 3 is 2.85 bits per heavy atom. The summed E-state index contributed by atoms with van der Waals surface area (Å²) in [6.07, 6.45) is 5.11. The average Bonchev–Trinajstić information content (AvgIpc) is 3.04. The molecule has 0 atom stereocenters. The minimum absolute atomic E-state index is 0.0936. The van der Waals surface area contributed by atoms with Crippen LogP contribution in [0.4, 0.5) is 0 Å². The van der Waals surface area contributed by atoms with E-state index >= 15 is 0 Å². The molecule has 0 saturated heterocycles. The van der Waals surface area contributed by atoms with E-state index in [0.29, 0.717) is 0 Å². The molecule has 1 aliphatic carbocycles. The number of hydrogen-bond donors (Lipinski definition) is 2. The minimum Gasteiger partial charge on any atom is -0.390 e. The second-order valence-electron chi connectivity index (χ2n) is 5.68. The average molecular weight is 293 g/mol. The Bertz CT molecular complexity index is 480. The normalized spacial score (nSPS) is 17.2. The summed E-state index contributed by atoms with van der Waals surface area (Å²) < 4.78 is 0. The molecule has 1 aromatic heterocycles. The summed E-state index contributed by atoms with van der Waals surface area (Å²) in [5.41, 5.74) is 0.559. The second kappa shape index (κ2) is 7.24. The van der Waals surface area contributed by atoms with Crippen LogP contribution in [0.5, 0.6) is 0 Å². The predicted octanol–water partition coefficient (Wildman–Crippen LogP) is 2.22. The highest BCUT2D eigenvalue weighted by atomic mass is 32.1. The van der Waals surface area contributed by atoms with Gasteiger partial charge in [-0.1, -0.05) is 24.7 Å². The van der Waals surface area contributed by atoms with E-state index in [1.165, 1.54) is 4.88 Å². The molecule has 0 spiro atoms. The van der Waals surface area contributed by atoms with Gasteiger partial charge in [-0.05, 0) is 32.4 Å². The van der Waals surface area contributed by atoms with Crippen LogP contribution < -0.4 is 0 Å². The van der Waals surface area contributed by atoms with Crippen molar-refractivity contribution in [2.24, 2.45) is 0 Å². The zero-order valence-electron chi connectivity index (χ0n) is 12.1. The summed E-state index contributed by atoms with van der Waals surface area (Å²) >= 11 is 1.70. The maximum Gasteiger partial charge on any atom is 0.104 e. The van der Waals surface area contributed by atoms with Crippen molar-refractivity contribution in [3.63, 3.8) is 0 Å². The van der Waals surface area contributed by atoms with Crippen molar-refractivity contribution in [1.29, 1.82) is 0 Å². The Morgan fingerprint density at radius 1 is 1.40 bits per heavy atom. The predicted molar refractivity (Wildman–Crippen MR) is 82.7 cm³/mol. The quantitative estimate of drug-likeness (QED) is 0.818. The van der Waals surface area contributed by atoms with Crippen LogP contribution in [0.25, 0.3) is 0 Å². The first-order valence-corrected chi connectivity index (χ1v) is 8.07. The van der Waals surface area contributed by atoms with Crippen molar-refractivity contribution in [3.8, 4) is 11.8 Å². The lowest BCUT2D eigenvalue weighted by molar-refractivity contribution is 0.0298. The largest absolute Gasteiger partial charge is 0.390 e. The summed E-state index contributed by atoms with van der Waals surface area (Å²) in [5.74, 6) is 5.59. The van der Waals surface area contributed by atoms with Gasteiger partial charge in [0.05, 0.1) is 5.60 Å². The Balaban J connectivity index is 1.79. The molecule has 2 N–H and O–H groups in total. The smallest absolute Gasteiger partial charge is 0.104 e. The first-order valence-electron chi connectivity index (χ1n) is 7.19. The van der Waals surface area contributed by atoms with Gasteiger partial charge in [-0.15, -0.1) is 11.3 Å². The fourth-order valence-electron chi connectivity index (χ4n) is 2.70. The molecule has 0 bridgehead atoms. The molecule has 0 aliphatic heterocycles. The number of hydrogen-bond acceptors (Lipinski definition) is 4. The molecular formula is C16H23NO2S. The number of aliphatic hydroxyl groups excluding tert-OH is 1. The third kappa shape index (κ3) is 4.60. The van der Waals surface area contributed by atoms with Gasteiger partial charge in [0.15, 0.2) is 0 Å². The number of nitrogens with zero attached hydrogens (tertiary/aromatic N) is 1. The van der Waals surface area contributed by atoms with Crippen LogP contribution in [0.15, 0.2) is 11.4 Å². The van der Waals surface area contributed by atoms with Gasteiger partial charge in [-0.25, -0.2) is 0 Å². The van der Waals surface area contributed by atoms with Gasteiger partial charge in [-0.2, -0.15) is 0 Å². The lowest BCUT2D eigenvalue weighted by Crippen LogP contribution is -2.30. The van der Waals surface area contributed by atoms with Crippen LogP contribution in [-0.4, -0.2) is 40.9 Å². The van der Waals surface area contributed by atoms with Gasteiger partial charge in [-0.3, -0.25) is 0 Å². The van der Waals surface area contributed by atoms with E-state index in [1.807, 2.05) is 5.38 Å². The van der Waals surface area contributed by atoms with Crippen molar-refractivity contribution in [3.05, 3.63) is 21.9 Å². The molecule has 1 fully saturated rings. The van der Waals surface area contributed by atoms with Crippen LogP contribution >= 0.6 is 11.3 Å². The van der Waals surface area contributed by atoms with Gasteiger partial charge < -0.3 is 15.1 Å². The van der Waals surface area contributed by atoms with Crippen molar-refractivity contribution >= 4 is 11.3 Å². The van der Waals surface area contributed by atoms with Crippen LogP contribution in [0.2, 0.25) is 0 Å². The van der Waals surface area contributed by atoms with E-state index in [9.17, 15) is 5.11 Å². The summed E-state index contributed by atoms with van der Waals surface area (Å²) in [5, 5.41) is 21.0. The molecule has 1 saturated carbocycles. The van der Waals surface area contributed by atoms with E-state index < -0.39 is 5.60 Å². The third-order valence-corrected chi connectivity index (χ3v) is 4.81. The van der Waals surface area contributed by atoms with Gasteiger partial charge in [0.1, 0.15) is 6.61 Å². The van der Waals surface area contributed by atoms with Crippen molar-refractivity contribution in [2.75, 3.05) is 20.2 Å². The zero-order valence-corrected chi connectivity index (χ0v) is 12.9.